The second kappa shape index (κ2) is 8.73. The van der Waals surface area contributed by atoms with Gasteiger partial charge in [-0.1, -0.05) is 6.92 Å². The van der Waals surface area contributed by atoms with E-state index in [1.807, 2.05) is 6.92 Å². The maximum Gasteiger partial charge on any atom is 0.416 e. The lowest BCUT2D eigenvalue weighted by Gasteiger charge is -2.29. The van der Waals surface area contributed by atoms with Gasteiger partial charge in [0, 0.05) is 20.1 Å². The van der Waals surface area contributed by atoms with Crippen molar-refractivity contribution in [1.82, 2.24) is 9.55 Å². The summed E-state index contributed by atoms with van der Waals surface area (Å²) in [5.74, 6) is 0.381. The SMILES string of the molecule is CC(=O)C[C@@H](C)COC1CCC(Oc2nc3cc(C(F)(F)F)ccc3n2C)CC1. The number of rotatable bonds is 7. The molecule has 0 radical (unpaired) electrons. The lowest BCUT2D eigenvalue weighted by atomic mass is 9.95. The van der Waals surface area contributed by atoms with Crippen LogP contribution in [0, 0.1) is 5.92 Å². The second-order valence-electron chi connectivity index (χ2n) is 8.02. The van der Waals surface area contributed by atoms with Gasteiger partial charge in [0.2, 0.25) is 0 Å². The first-order valence-electron chi connectivity index (χ1n) is 9.95. The molecule has 0 amide bonds. The quantitative estimate of drug-likeness (QED) is 0.648. The summed E-state index contributed by atoms with van der Waals surface area (Å²) >= 11 is 0. The third kappa shape index (κ3) is 5.50. The normalized spacial score (nSPS) is 21.3. The van der Waals surface area contributed by atoms with E-state index in [0.717, 1.165) is 37.8 Å². The molecule has 0 aliphatic heterocycles. The fourth-order valence-corrected chi connectivity index (χ4v) is 3.78. The minimum absolute atomic E-state index is 0.0397. The smallest absolute Gasteiger partial charge is 0.416 e. The lowest BCUT2D eigenvalue weighted by molar-refractivity contribution is -0.137. The number of hydrogen-bond donors (Lipinski definition) is 0. The van der Waals surface area contributed by atoms with Crippen LogP contribution in [0.25, 0.3) is 11.0 Å². The maximum absolute atomic E-state index is 12.9. The largest absolute Gasteiger partial charge is 0.461 e. The molecule has 1 atom stereocenters. The van der Waals surface area contributed by atoms with E-state index in [0.29, 0.717) is 24.6 Å². The number of aryl methyl sites for hydroxylation is 1. The number of carbonyl (C=O) groups excluding carboxylic acids is 1. The van der Waals surface area contributed by atoms with Crippen LogP contribution in [0.4, 0.5) is 13.2 Å². The molecule has 3 rings (SSSR count). The number of nitrogens with zero attached hydrogens (tertiary/aromatic N) is 2. The van der Waals surface area contributed by atoms with Crippen molar-refractivity contribution in [3.8, 4) is 6.01 Å². The minimum Gasteiger partial charge on any atom is -0.461 e. The van der Waals surface area contributed by atoms with E-state index in [1.165, 1.54) is 6.07 Å². The number of ketones is 1. The molecule has 0 N–H and O–H groups in total. The third-order valence-corrected chi connectivity index (χ3v) is 5.31. The number of halogens is 3. The van der Waals surface area contributed by atoms with Gasteiger partial charge >= 0.3 is 6.18 Å². The topological polar surface area (TPSA) is 53.4 Å². The van der Waals surface area contributed by atoms with Gasteiger partial charge in [0.1, 0.15) is 11.9 Å². The van der Waals surface area contributed by atoms with E-state index < -0.39 is 11.7 Å². The number of aromatic nitrogens is 2. The number of benzene rings is 1. The van der Waals surface area contributed by atoms with E-state index in [-0.39, 0.29) is 29.4 Å². The van der Waals surface area contributed by atoms with Crippen LogP contribution >= 0.6 is 0 Å². The average molecular weight is 412 g/mol. The highest BCUT2D eigenvalue weighted by molar-refractivity contribution is 5.77. The molecular weight excluding hydrogens is 385 g/mol. The highest BCUT2D eigenvalue weighted by atomic mass is 19.4. The Morgan fingerprint density at radius 3 is 2.52 bits per heavy atom. The molecule has 2 aromatic rings. The highest BCUT2D eigenvalue weighted by Crippen LogP contribution is 2.33. The van der Waals surface area contributed by atoms with Gasteiger partial charge in [-0.05, 0) is 56.7 Å². The number of fused-ring (bicyclic) bond motifs is 1. The molecule has 1 aliphatic carbocycles. The summed E-state index contributed by atoms with van der Waals surface area (Å²) in [4.78, 5) is 15.4. The first-order valence-corrected chi connectivity index (χ1v) is 9.95. The van der Waals surface area contributed by atoms with Gasteiger partial charge in [0.05, 0.1) is 22.7 Å². The summed E-state index contributed by atoms with van der Waals surface area (Å²) in [5, 5.41) is 0. The molecule has 1 aliphatic rings. The van der Waals surface area contributed by atoms with E-state index in [1.54, 1.807) is 18.5 Å². The van der Waals surface area contributed by atoms with Crippen molar-refractivity contribution in [3.05, 3.63) is 23.8 Å². The highest BCUT2D eigenvalue weighted by Gasteiger charge is 2.31. The molecule has 160 valence electrons. The zero-order valence-corrected chi connectivity index (χ0v) is 17.0. The Labute approximate surface area is 168 Å². The molecule has 0 spiro atoms. The summed E-state index contributed by atoms with van der Waals surface area (Å²) in [7, 11) is 1.74. The molecule has 5 nitrogen and oxygen atoms in total. The van der Waals surface area contributed by atoms with E-state index in [4.69, 9.17) is 9.47 Å². The monoisotopic (exact) mass is 412 g/mol. The summed E-state index contributed by atoms with van der Waals surface area (Å²) in [6.45, 7) is 4.16. The molecule has 1 aromatic heterocycles. The summed E-state index contributed by atoms with van der Waals surface area (Å²) in [6.07, 6.45) is -0.472. The Bertz CT molecular complexity index is 855. The van der Waals surface area contributed by atoms with Gasteiger partial charge < -0.3 is 14.3 Å². The Morgan fingerprint density at radius 2 is 1.90 bits per heavy atom. The van der Waals surface area contributed by atoms with Gasteiger partial charge in [0.15, 0.2) is 0 Å². The minimum atomic E-state index is -4.40. The van der Waals surface area contributed by atoms with E-state index in [9.17, 15) is 18.0 Å². The fraction of sp³-hybridized carbons (Fsp3) is 0.619. The van der Waals surface area contributed by atoms with Crippen LogP contribution in [-0.2, 0) is 22.8 Å². The van der Waals surface area contributed by atoms with Crippen LogP contribution in [0.1, 0.15) is 51.5 Å². The van der Waals surface area contributed by atoms with Crippen molar-refractivity contribution < 1.29 is 27.4 Å². The Balaban J connectivity index is 1.55. The molecule has 1 fully saturated rings. The fourth-order valence-electron chi connectivity index (χ4n) is 3.78. The van der Waals surface area contributed by atoms with Crippen molar-refractivity contribution in [3.63, 3.8) is 0 Å². The van der Waals surface area contributed by atoms with Gasteiger partial charge in [-0.2, -0.15) is 18.2 Å². The molecule has 29 heavy (non-hydrogen) atoms. The van der Waals surface area contributed by atoms with Gasteiger partial charge in [-0.25, -0.2) is 0 Å². The van der Waals surface area contributed by atoms with E-state index in [2.05, 4.69) is 4.98 Å². The number of hydrogen-bond acceptors (Lipinski definition) is 4. The Morgan fingerprint density at radius 1 is 1.24 bits per heavy atom. The molecule has 0 saturated heterocycles. The van der Waals surface area contributed by atoms with Crippen LogP contribution in [0.3, 0.4) is 0 Å². The van der Waals surface area contributed by atoms with Crippen LogP contribution in [0.5, 0.6) is 6.01 Å². The Hall–Kier alpha value is -2.09. The third-order valence-electron chi connectivity index (χ3n) is 5.31. The van der Waals surface area contributed by atoms with Crippen molar-refractivity contribution in [1.29, 1.82) is 0 Å². The second-order valence-corrected chi connectivity index (χ2v) is 8.02. The maximum atomic E-state index is 12.9. The summed E-state index contributed by atoms with van der Waals surface area (Å²) < 4.78 is 52.3. The van der Waals surface area contributed by atoms with Crippen LogP contribution < -0.4 is 4.74 Å². The van der Waals surface area contributed by atoms with Gasteiger partial charge in [-0.3, -0.25) is 4.57 Å². The van der Waals surface area contributed by atoms with Crippen LogP contribution in [-0.4, -0.2) is 34.1 Å². The molecule has 1 heterocycles. The van der Waals surface area contributed by atoms with Gasteiger partial charge in [0.25, 0.3) is 6.01 Å². The number of ether oxygens (including phenoxy) is 2. The lowest BCUT2D eigenvalue weighted by Crippen LogP contribution is -2.30. The zero-order valence-electron chi connectivity index (χ0n) is 17.0. The molecule has 0 bridgehead atoms. The number of alkyl halides is 3. The number of carbonyl (C=O) groups is 1. The number of Topliss-reactive ketones (excluding diaryl/α,β-unsaturated/α-hetero) is 1. The van der Waals surface area contributed by atoms with Crippen molar-refractivity contribution in [2.45, 2.75) is 64.3 Å². The van der Waals surface area contributed by atoms with Crippen LogP contribution in [0.2, 0.25) is 0 Å². The van der Waals surface area contributed by atoms with Crippen LogP contribution in [0.15, 0.2) is 18.2 Å². The average Bonchev–Trinajstić information content (AvgIpc) is 2.95. The predicted molar refractivity (Wildman–Crippen MR) is 103 cm³/mol. The number of imidazole rings is 1. The van der Waals surface area contributed by atoms with Crippen molar-refractivity contribution in [2.75, 3.05) is 6.61 Å². The molecule has 0 unspecified atom stereocenters. The molecule has 1 saturated carbocycles. The molecule has 8 heteroatoms. The molecule has 1 aromatic carbocycles. The first-order chi connectivity index (χ1) is 13.6. The Kier molecular flexibility index (Phi) is 6.51. The molecular formula is C21H27F3N2O3. The van der Waals surface area contributed by atoms with Crippen molar-refractivity contribution >= 4 is 16.8 Å². The predicted octanol–water partition coefficient (Wildman–Crippen LogP) is 4.91. The van der Waals surface area contributed by atoms with Crippen molar-refractivity contribution in [2.24, 2.45) is 13.0 Å². The zero-order chi connectivity index (χ0) is 21.2. The van der Waals surface area contributed by atoms with Gasteiger partial charge in [-0.15, -0.1) is 0 Å². The first kappa shape index (κ1) is 21.6. The standard InChI is InChI=1S/C21H27F3N2O3/c1-13(10-14(2)27)12-28-16-5-7-17(8-6-16)29-20-25-18-11-15(21(22,23)24)4-9-19(18)26(20)3/h4,9,11,13,16-17H,5-8,10,12H2,1-3H3/t13-,16?,17?/m1/s1. The summed E-state index contributed by atoms with van der Waals surface area (Å²) in [6, 6.07) is 3.86. The summed E-state index contributed by atoms with van der Waals surface area (Å²) in [5.41, 5.74) is 0.157. The van der Waals surface area contributed by atoms with E-state index >= 15 is 0 Å².